The number of hydrogen-bond acceptors (Lipinski definition) is 4. The zero-order chi connectivity index (χ0) is 15.2. The van der Waals surface area contributed by atoms with Crippen molar-refractivity contribution >= 4 is 30.7 Å². The van der Waals surface area contributed by atoms with E-state index in [2.05, 4.69) is 25.4 Å². The molecule has 1 saturated heterocycles. The molecule has 2 aliphatic rings. The third-order valence-corrected chi connectivity index (χ3v) is 4.73. The predicted molar refractivity (Wildman–Crippen MR) is 99.0 cm³/mol. The van der Waals surface area contributed by atoms with Gasteiger partial charge in [0, 0.05) is 32.5 Å². The van der Waals surface area contributed by atoms with Crippen LogP contribution in [0.3, 0.4) is 0 Å². The Morgan fingerprint density at radius 2 is 2.08 bits per heavy atom. The Hall–Kier alpha value is -0.850. The van der Waals surface area contributed by atoms with Gasteiger partial charge < -0.3 is 15.2 Å². The molecular weight excluding hydrogens is 349 g/mol. The van der Waals surface area contributed by atoms with Gasteiger partial charge in [-0.1, -0.05) is 6.42 Å². The largest absolute Gasteiger partial charge is 0.356 e. The summed E-state index contributed by atoms with van der Waals surface area (Å²) in [5.74, 6) is 2.58. The van der Waals surface area contributed by atoms with Crippen molar-refractivity contribution in [1.82, 2.24) is 25.4 Å². The van der Waals surface area contributed by atoms with Gasteiger partial charge in [-0.15, -0.1) is 35.0 Å². The lowest BCUT2D eigenvalue weighted by Crippen LogP contribution is -2.40. The fourth-order valence-corrected chi connectivity index (χ4v) is 3.41. The van der Waals surface area contributed by atoms with Gasteiger partial charge in [0.15, 0.2) is 0 Å². The molecule has 2 aliphatic heterocycles. The summed E-state index contributed by atoms with van der Waals surface area (Å²) >= 11 is 0. The van der Waals surface area contributed by atoms with Gasteiger partial charge in [-0.2, -0.15) is 0 Å². The molecule has 8 heteroatoms. The highest BCUT2D eigenvalue weighted by Gasteiger charge is 2.20. The van der Waals surface area contributed by atoms with Gasteiger partial charge in [0.2, 0.25) is 5.91 Å². The zero-order valence-electron chi connectivity index (χ0n) is 14.1. The molecule has 1 fully saturated rings. The average Bonchev–Trinajstić information content (AvgIpc) is 2.79. The lowest BCUT2D eigenvalue weighted by atomic mass is 9.99. The van der Waals surface area contributed by atoms with Gasteiger partial charge in [0.05, 0.1) is 5.92 Å². The molecule has 1 atom stereocenters. The van der Waals surface area contributed by atoms with E-state index in [1.807, 2.05) is 0 Å². The van der Waals surface area contributed by atoms with Gasteiger partial charge in [-0.25, -0.2) is 0 Å². The van der Waals surface area contributed by atoms with Crippen LogP contribution in [0.1, 0.15) is 50.2 Å². The van der Waals surface area contributed by atoms with E-state index in [1.165, 1.54) is 19.3 Å². The van der Waals surface area contributed by atoms with E-state index < -0.39 is 0 Å². The van der Waals surface area contributed by atoms with E-state index in [4.69, 9.17) is 0 Å². The molecule has 0 bridgehead atoms. The summed E-state index contributed by atoms with van der Waals surface area (Å²) in [7, 11) is 0. The minimum Gasteiger partial charge on any atom is -0.356 e. The lowest BCUT2D eigenvalue weighted by Gasteiger charge is -2.21. The van der Waals surface area contributed by atoms with E-state index in [-0.39, 0.29) is 36.6 Å². The summed E-state index contributed by atoms with van der Waals surface area (Å²) in [6, 6.07) is 0. The smallest absolute Gasteiger partial charge is 0.224 e. The molecule has 3 heterocycles. The fraction of sp³-hybridized carbons (Fsp3) is 0.812. The second kappa shape index (κ2) is 10.9. The Morgan fingerprint density at radius 3 is 2.88 bits per heavy atom. The Labute approximate surface area is 156 Å². The molecule has 0 saturated carbocycles. The van der Waals surface area contributed by atoms with Crippen LogP contribution in [0.25, 0.3) is 0 Å². The predicted octanol–water partition coefficient (Wildman–Crippen LogP) is 1.90. The molecule has 3 rings (SSSR count). The number of carbonyl (C=O) groups excluding carboxylic acids is 1. The number of nitrogens with zero attached hydrogens (tertiary/aromatic N) is 3. The molecule has 6 nitrogen and oxygen atoms in total. The van der Waals surface area contributed by atoms with Gasteiger partial charge >= 0.3 is 0 Å². The van der Waals surface area contributed by atoms with Crippen LogP contribution < -0.4 is 10.6 Å². The van der Waals surface area contributed by atoms with E-state index in [9.17, 15) is 4.79 Å². The van der Waals surface area contributed by atoms with Crippen LogP contribution >= 0.6 is 24.8 Å². The number of piperidine rings is 1. The number of aryl methyl sites for hydroxylation is 2. The molecule has 0 aromatic carbocycles. The van der Waals surface area contributed by atoms with Crippen LogP contribution in [0.2, 0.25) is 0 Å². The quantitative estimate of drug-likeness (QED) is 0.768. The third-order valence-electron chi connectivity index (χ3n) is 4.73. The molecule has 0 radical (unpaired) electrons. The summed E-state index contributed by atoms with van der Waals surface area (Å²) in [6.07, 6.45) is 8.74. The lowest BCUT2D eigenvalue weighted by molar-refractivity contribution is -0.125. The van der Waals surface area contributed by atoms with Crippen molar-refractivity contribution in [2.45, 2.75) is 57.9 Å². The van der Waals surface area contributed by atoms with Crippen LogP contribution in [-0.4, -0.2) is 40.3 Å². The van der Waals surface area contributed by atoms with Crippen LogP contribution in [0, 0.1) is 5.92 Å². The second-order valence-corrected chi connectivity index (χ2v) is 6.43. The zero-order valence-corrected chi connectivity index (χ0v) is 15.8. The van der Waals surface area contributed by atoms with Gasteiger partial charge in [0.1, 0.15) is 11.6 Å². The van der Waals surface area contributed by atoms with Crippen molar-refractivity contribution in [2.24, 2.45) is 5.92 Å². The fourth-order valence-electron chi connectivity index (χ4n) is 3.41. The first kappa shape index (κ1) is 21.2. The van der Waals surface area contributed by atoms with Crippen LogP contribution in [0.4, 0.5) is 0 Å². The Kier molecular flexibility index (Phi) is 9.63. The van der Waals surface area contributed by atoms with E-state index in [0.29, 0.717) is 0 Å². The number of carbonyl (C=O) groups is 1. The van der Waals surface area contributed by atoms with E-state index in [0.717, 1.165) is 69.9 Å². The molecule has 1 amide bonds. The number of halogens is 2. The number of fused-ring (bicyclic) bond motifs is 1. The highest BCUT2D eigenvalue weighted by Crippen LogP contribution is 2.15. The van der Waals surface area contributed by atoms with Gasteiger partial charge in [-0.05, 0) is 38.6 Å². The number of nitrogens with one attached hydrogen (secondary N) is 2. The third kappa shape index (κ3) is 5.60. The van der Waals surface area contributed by atoms with Crippen molar-refractivity contribution in [3.05, 3.63) is 11.6 Å². The highest BCUT2D eigenvalue weighted by atomic mass is 35.5. The monoisotopic (exact) mass is 377 g/mol. The van der Waals surface area contributed by atoms with Crippen LogP contribution in [0.5, 0.6) is 0 Å². The molecule has 24 heavy (non-hydrogen) atoms. The molecule has 1 aromatic heterocycles. The maximum Gasteiger partial charge on any atom is 0.224 e. The maximum atomic E-state index is 12.1. The number of rotatable bonds is 5. The molecule has 0 spiro atoms. The van der Waals surface area contributed by atoms with Crippen molar-refractivity contribution in [2.75, 3.05) is 19.6 Å². The maximum absolute atomic E-state index is 12.1. The summed E-state index contributed by atoms with van der Waals surface area (Å²) in [5, 5.41) is 15.0. The number of hydrogen-bond donors (Lipinski definition) is 2. The summed E-state index contributed by atoms with van der Waals surface area (Å²) < 4.78 is 2.29. The van der Waals surface area contributed by atoms with Crippen molar-refractivity contribution in [3.8, 4) is 0 Å². The number of amides is 1. The molecule has 1 aromatic rings. The van der Waals surface area contributed by atoms with Crippen molar-refractivity contribution in [3.63, 3.8) is 0 Å². The summed E-state index contributed by atoms with van der Waals surface area (Å²) in [4.78, 5) is 12.1. The van der Waals surface area contributed by atoms with Crippen molar-refractivity contribution in [1.29, 1.82) is 0 Å². The van der Waals surface area contributed by atoms with E-state index >= 15 is 0 Å². The summed E-state index contributed by atoms with van der Waals surface area (Å²) in [5.41, 5.74) is 0. The first-order chi connectivity index (χ1) is 10.8. The average molecular weight is 378 g/mol. The van der Waals surface area contributed by atoms with Crippen molar-refractivity contribution < 1.29 is 4.79 Å². The normalized spacial score (nSPS) is 20.1. The topological polar surface area (TPSA) is 71.8 Å². The second-order valence-electron chi connectivity index (χ2n) is 6.43. The van der Waals surface area contributed by atoms with Crippen LogP contribution in [0.15, 0.2) is 0 Å². The minimum atomic E-state index is 0. The molecule has 138 valence electrons. The summed E-state index contributed by atoms with van der Waals surface area (Å²) in [6.45, 7) is 3.65. The highest BCUT2D eigenvalue weighted by molar-refractivity contribution is 5.85. The minimum absolute atomic E-state index is 0. The molecule has 2 N–H and O–H groups in total. The first-order valence-electron chi connectivity index (χ1n) is 8.74. The SMILES string of the molecule is Cl.Cl.O=C(NCCCc1nnc2n1CCCCC2)C1CCCNC1. The molecule has 0 aliphatic carbocycles. The number of aromatic nitrogens is 3. The Morgan fingerprint density at radius 1 is 1.21 bits per heavy atom. The Bertz CT molecular complexity index is 503. The van der Waals surface area contributed by atoms with E-state index in [1.54, 1.807) is 0 Å². The van der Waals surface area contributed by atoms with Gasteiger partial charge in [-0.3, -0.25) is 4.79 Å². The Balaban J connectivity index is 0.00000144. The molecule has 1 unspecified atom stereocenters. The van der Waals surface area contributed by atoms with Crippen LogP contribution in [-0.2, 0) is 24.2 Å². The molecular formula is C16H29Cl2N5O. The standard InChI is InChI=1S/C16H27N5O.2ClH/c22-16(13-6-4-9-17-12-13)18-10-5-8-15-20-19-14-7-2-1-3-11-21(14)15;;/h13,17H,1-12H2,(H,18,22);2*1H. The van der Waals surface area contributed by atoms with Gasteiger partial charge in [0.25, 0.3) is 0 Å². The first-order valence-corrected chi connectivity index (χ1v) is 8.74.